The molecule has 2 N–H and O–H groups in total. The summed E-state index contributed by atoms with van der Waals surface area (Å²) in [5.41, 5.74) is 5.66. The Bertz CT molecular complexity index is 787. The van der Waals surface area contributed by atoms with E-state index in [-0.39, 0.29) is 27.9 Å². The zero-order valence-corrected chi connectivity index (χ0v) is 13.0. The van der Waals surface area contributed by atoms with Crippen LogP contribution in [0, 0.1) is 12.7 Å². The molecule has 0 saturated carbocycles. The van der Waals surface area contributed by atoms with Crippen molar-refractivity contribution in [2.45, 2.75) is 6.92 Å². The summed E-state index contributed by atoms with van der Waals surface area (Å²) in [4.78, 5) is 23.6. The van der Waals surface area contributed by atoms with Crippen LogP contribution in [0.1, 0.15) is 31.8 Å². The predicted octanol–water partition coefficient (Wildman–Crippen LogP) is 2.78. The number of carbonyl (C=O) groups excluding carboxylic acids is 2. The first kappa shape index (κ1) is 16.5. The van der Waals surface area contributed by atoms with Crippen molar-refractivity contribution in [3.05, 3.63) is 52.3 Å². The highest BCUT2D eigenvalue weighted by molar-refractivity contribution is 6.11. The van der Waals surface area contributed by atoms with Crippen molar-refractivity contribution in [2.24, 2.45) is 0 Å². The van der Waals surface area contributed by atoms with Gasteiger partial charge in [-0.05, 0) is 36.8 Å². The summed E-state index contributed by atoms with van der Waals surface area (Å²) in [5, 5.41) is 0. The van der Waals surface area contributed by atoms with Crippen molar-refractivity contribution < 1.29 is 23.5 Å². The number of nitrogens with two attached hydrogens (primary N) is 1. The summed E-state index contributed by atoms with van der Waals surface area (Å²) < 4.78 is 24.4. The van der Waals surface area contributed by atoms with E-state index in [1.807, 2.05) is 0 Å². The fourth-order valence-corrected chi connectivity index (χ4v) is 2.25. The molecule has 0 fully saturated rings. The second-order valence-corrected chi connectivity index (χ2v) is 4.88. The summed E-state index contributed by atoms with van der Waals surface area (Å²) in [5.74, 6) is -0.357. The van der Waals surface area contributed by atoms with Crippen LogP contribution < -0.4 is 15.2 Å². The van der Waals surface area contributed by atoms with Gasteiger partial charge in [-0.2, -0.15) is 0 Å². The van der Waals surface area contributed by atoms with Crippen molar-refractivity contribution in [3.8, 4) is 11.5 Å². The molecule has 6 heteroatoms. The molecule has 0 spiro atoms. The molecule has 2 aromatic carbocycles. The van der Waals surface area contributed by atoms with Crippen LogP contribution in [0.25, 0.3) is 0 Å². The lowest BCUT2D eigenvalue weighted by Gasteiger charge is -2.12. The molecule has 0 unspecified atom stereocenters. The largest absolute Gasteiger partial charge is 0.493 e. The molecular weight excluding hydrogens is 301 g/mol. The molecule has 2 rings (SSSR count). The van der Waals surface area contributed by atoms with E-state index < -0.39 is 11.6 Å². The number of hydrogen-bond donors (Lipinski definition) is 1. The van der Waals surface area contributed by atoms with Crippen molar-refractivity contribution >= 4 is 17.8 Å². The third-order valence-corrected chi connectivity index (χ3v) is 3.60. The monoisotopic (exact) mass is 317 g/mol. The highest BCUT2D eigenvalue weighted by atomic mass is 19.1. The fraction of sp³-hybridized carbons (Fsp3) is 0.176. The van der Waals surface area contributed by atoms with E-state index in [4.69, 9.17) is 15.2 Å². The van der Waals surface area contributed by atoms with E-state index in [1.54, 1.807) is 6.07 Å². The van der Waals surface area contributed by atoms with Crippen LogP contribution in [0.4, 0.5) is 10.1 Å². The van der Waals surface area contributed by atoms with Crippen molar-refractivity contribution in [1.82, 2.24) is 0 Å². The van der Waals surface area contributed by atoms with Crippen LogP contribution in [0.5, 0.6) is 11.5 Å². The minimum absolute atomic E-state index is 0.0584. The highest BCUT2D eigenvalue weighted by Crippen LogP contribution is 2.30. The number of methoxy groups -OCH3 is 2. The normalized spacial score (nSPS) is 10.3. The van der Waals surface area contributed by atoms with Crippen LogP contribution in [0.3, 0.4) is 0 Å². The fourth-order valence-electron chi connectivity index (χ4n) is 2.25. The minimum Gasteiger partial charge on any atom is -0.493 e. The molecule has 0 atom stereocenters. The molecule has 5 nitrogen and oxygen atoms in total. The average Bonchev–Trinajstić information content (AvgIpc) is 2.58. The van der Waals surface area contributed by atoms with E-state index in [2.05, 4.69) is 0 Å². The van der Waals surface area contributed by atoms with Gasteiger partial charge in [-0.3, -0.25) is 9.59 Å². The van der Waals surface area contributed by atoms with Crippen molar-refractivity contribution in [3.63, 3.8) is 0 Å². The van der Waals surface area contributed by atoms with Gasteiger partial charge in [0.15, 0.2) is 23.6 Å². The maximum absolute atomic E-state index is 14.1. The summed E-state index contributed by atoms with van der Waals surface area (Å²) in [7, 11) is 2.93. The molecule has 0 heterocycles. The first-order chi connectivity index (χ1) is 10.9. The molecule has 0 aromatic heterocycles. The van der Waals surface area contributed by atoms with Crippen molar-refractivity contribution in [2.75, 3.05) is 20.0 Å². The zero-order valence-electron chi connectivity index (χ0n) is 13.0. The maximum atomic E-state index is 14.1. The number of rotatable bonds is 5. The Morgan fingerprint density at radius 1 is 1.17 bits per heavy atom. The van der Waals surface area contributed by atoms with E-state index in [0.717, 1.165) is 0 Å². The van der Waals surface area contributed by atoms with Gasteiger partial charge in [-0.1, -0.05) is 0 Å². The Morgan fingerprint density at radius 3 is 2.39 bits per heavy atom. The molecule has 0 aliphatic heterocycles. The van der Waals surface area contributed by atoms with Crippen molar-refractivity contribution in [1.29, 1.82) is 0 Å². The number of halogens is 1. The van der Waals surface area contributed by atoms with E-state index in [1.165, 1.54) is 39.3 Å². The van der Waals surface area contributed by atoms with Gasteiger partial charge in [-0.15, -0.1) is 0 Å². The number of aldehydes is 1. The van der Waals surface area contributed by atoms with E-state index in [0.29, 0.717) is 17.8 Å². The Morgan fingerprint density at radius 2 is 1.83 bits per heavy atom. The molecule has 2 aromatic rings. The second-order valence-electron chi connectivity index (χ2n) is 4.88. The number of benzene rings is 2. The summed E-state index contributed by atoms with van der Waals surface area (Å²) in [6.07, 6.45) is 0.420. The van der Waals surface area contributed by atoms with Crippen LogP contribution in [0.2, 0.25) is 0 Å². The Kier molecular flexibility index (Phi) is 4.64. The average molecular weight is 317 g/mol. The molecule has 0 amide bonds. The van der Waals surface area contributed by atoms with Gasteiger partial charge in [0.05, 0.1) is 19.9 Å². The van der Waals surface area contributed by atoms with Gasteiger partial charge in [0.1, 0.15) is 5.82 Å². The molecule has 0 radical (unpaired) electrons. The molecular formula is C17H16FNO4. The van der Waals surface area contributed by atoms with Gasteiger partial charge in [0, 0.05) is 16.7 Å². The lowest BCUT2D eigenvalue weighted by Crippen LogP contribution is -2.10. The number of ether oxygens (including phenoxy) is 2. The van der Waals surface area contributed by atoms with Gasteiger partial charge in [-0.25, -0.2) is 4.39 Å². The number of carbonyl (C=O) groups is 2. The highest BCUT2D eigenvalue weighted by Gasteiger charge is 2.20. The molecule has 0 aliphatic carbocycles. The van der Waals surface area contributed by atoms with E-state index >= 15 is 0 Å². The quantitative estimate of drug-likeness (QED) is 0.521. The lowest BCUT2D eigenvalue weighted by molar-refractivity contribution is 0.103. The number of ketones is 1. The molecule has 0 bridgehead atoms. The third kappa shape index (κ3) is 2.88. The molecule has 0 saturated heterocycles. The van der Waals surface area contributed by atoms with Gasteiger partial charge >= 0.3 is 0 Å². The van der Waals surface area contributed by atoms with Crippen LogP contribution in [0.15, 0.2) is 24.3 Å². The Labute approximate surface area is 132 Å². The first-order valence-corrected chi connectivity index (χ1v) is 6.75. The van der Waals surface area contributed by atoms with Crippen LogP contribution in [-0.4, -0.2) is 26.3 Å². The van der Waals surface area contributed by atoms with Gasteiger partial charge < -0.3 is 15.2 Å². The second kappa shape index (κ2) is 6.48. The summed E-state index contributed by atoms with van der Waals surface area (Å²) in [6, 6.07) is 5.91. The standard InChI is InChI=1S/C17H16FNO4/c1-9-12(6-11(8-20)16(19)15(9)18)17(21)10-4-5-13(22-2)14(7-10)23-3/h4-8H,19H2,1-3H3. The number of anilines is 1. The SMILES string of the molecule is COc1ccc(C(=O)c2cc(C=O)c(N)c(F)c2C)cc1OC. The summed E-state index contributed by atoms with van der Waals surface area (Å²) in [6.45, 7) is 1.44. The Balaban J connectivity index is 2.57. The number of hydrogen-bond acceptors (Lipinski definition) is 5. The first-order valence-electron chi connectivity index (χ1n) is 6.75. The maximum Gasteiger partial charge on any atom is 0.193 e. The molecule has 23 heavy (non-hydrogen) atoms. The predicted molar refractivity (Wildman–Crippen MR) is 83.9 cm³/mol. The Hall–Kier alpha value is -2.89. The van der Waals surface area contributed by atoms with Gasteiger partial charge in [0.25, 0.3) is 0 Å². The third-order valence-electron chi connectivity index (χ3n) is 3.60. The smallest absolute Gasteiger partial charge is 0.193 e. The minimum atomic E-state index is -0.765. The zero-order chi connectivity index (χ0) is 17.1. The molecule has 120 valence electrons. The van der Waals surface area contributed by atoms with Crippen LogP contribution in [-0.2, 0) is 0 Å². The summed E-state index contributed by atoms with van der Waals surface area (Å²) >= 11 is 0. The number of nitrogen functional groups attached to an aromatic ring is 1. The van der Waals surface area contributed by atoms with E-state index in [9.17, 15) is 14.0 Å². The van der Waals surface area contributed by atoms with Gasteiger partial charge in [0.2, 0.25) is 0 Å². The van der Waals surface area contributed by atoms with Crippen LogP contribution >= 0.6 is 0 Å². The molecule has 0 aliphatic rings. The topological polar surface area (TPSA) is 78.6 Å². The lowest BCUT2D eigenvalue weighted by atomic mass is 9.95.